The molecule has 14 heavy (non-hydrogen) atoms. The molecular weight excluding hydrogens is 176 g/mol. The van der Waals surface area contributed by atoms with Gasteiger partial charge in [-0.1, -0.05) is 13.8 Å². The van der Waals surface area contributed by atoms with Gasteiger partial charge in [-0.25, -0.2) is 0 Å². The van der Waals surface area contributed by atoms with Gasteiger partial charge < -0.3 is 9.88 Å². The van der Waals surface area contributed by atoms with Gasteiger partial charge in [0.1, 0.15) is 12.2 Å². The van der Waals surface area contributed by atoms with E-state index in [9.17, 15) is 0 Å². The molecule has 1 rings (SSSR count). The molecule has 80 valence electrons. The second kappa shape index (κ2) is 5.10. The molecule has 0 aliphatic carbocycles. The highest BCUT2D eigenvalue weighted by Crippen LogP contribution is 2.05. The van der Waals surface area contributed by atoms with Crippen molar-refractivity contribution in [3.8, 4) is 0 Å². The summed E-state index contributed by atoms with van der Waals surface area (Å²) in [5, 5.41) is 11.4. The Hall–Kier alpha value is -0.900. The Bertz CT molecular complexity index is 265. The van der Waals surface area contributed by atoms with E-state index in [4.69, 9.17) is 0 Å². The van der Waals surface area contributed by atoms with E-state index in [1.165, 1.54) is 0 Å². The van der Waals surface area contributed by atoms with Crippen LogP contribution in [0.5, 0.6) is 0 Å². The zero-order chi connectivity index (χ0) is 10.6. The lowest BCUT2D eigenvalue weighted by molar-refractivity contribution is 0.508. The predicted octanol–water partition coefficient (Wildman–Crippen LogP) is 1.60. The van der Waals surface area contributed by atoms with Crippen LogP contribution >= 0.6 is 0 Å². The van der Waals surface area contributed by atoms with Gasteiger partial charge in [0.05, 0.1) is 6.54 Å². The molecule has 0 saturated heterocycles. The van der Waals surface area contributed by atoms with Crippen molar-refractivity contribution < 1.29 is 0 Å². The number of hydrogen-bond acceptors (Lipinski definition) is 3. The zero-order valence-corrected chi connectivity index (χ0v) is 9.49. The van der Waals surface area contributed by atoms with Crippen LogP contribution in [0.2, 0.25) is 0 Å². The first-order chi connectivity index (χ1) is 6.61. The van der Waals surface area contributed by atoms with E-state index < -0.39 is 0 Å². The van der Waals surface area contributed by atoms with Crippen LogP contribution in [-0.2, 0) is 6.54 Å². The highest BCUT2D eigenvalue weighted by Gasteiger charge is 2.06. The van der Waals surface area contributed by atoms with E-state index in [-0.39, 0.29) is 0 Å². The maximum atomic E-state index is 4.08. The van der Waals surface area contributed by atoms with Crippen LogP contribution in [0.4, 0.5) is 0 Å². The largest absolute Gasteiger partial charge is 0.314 e. The molecule has 1 N–H and O–H groups in total. The quantitative estimate of drug-likeness (QED) is 0.778. The lowest BCUT2D eigenvalue weighted by Crippen LogP contribution is -2.21. The average Bonchev–Trinajstić information content (AvgIpc) is 2.51. The minimum atomic E-state index is 0.431. The number of nitrogens with one attached hydrogen (secondary N) is 1. The summed E-state index contributed by atoms with van der Waals surface area (Å²) in [6, 6.07) is 0.431. The minimum Gasteiger partial charge on any atom is -0.314 e. The first-order valence-electron chi connectivity index (χ1n) is 5.20. The van der Waals surface area contributed by atoms with E-state index in [1.54, 1.807) is 6.33 Å². The molecule has 0 radical (unpaired) electrons. The molecule has 0 spiro atoms. The molecule has 0 fully saturated rings. The Morgan fingerprint density at radius 2 is 2.07 bits per heavy atom. The van der Waals surface area contributed by atoms with Crippen molar-refractivity contribution in [3.05, 3.63) is 12.2 Å². The summed E-state index contributed by atoms with van der Waals surface area (Å²) in [5.74, 6) is 1.69. The Labute approximate surface area is 85.7 Å². The molecule has 0 bridgehead atoms. The topological polar surface area (TPSA) is 42.7 Å². The summed E-state index contributed by atoms with van der Waals surface area (Å²) in [6.07, 6.45) is 1.79. The maximum Gasteiger partial charge on any atom is 0.147 e. The molecule has 1 aromatic rings. The van der Waals surface area contributed by atoms with Crippen molar-refractivity contribution in [2.75, 3.05) is 6.54 Å². The Balaban J connectivity index is 2.46. The summed E-state index contributed by atoms with van der Waals surface area (Å²) in [5.41, 5.74) is 0. The van der Waals surface area contributed by atoms with Gasteiger partial charge in [-0.2, -0.15) is 0 Å². The van der Waals surface area contributed by atoms with Crippen LogP contribution in [0.1, 0.15) is 39.6 Å². The molecule has 0 saturated carbocycles. The van der Waals surface area contributed by atoms with E-state index >= 15 is 0 Å². The maximum absolute atomic E-state index is 4.08. The van der Waals surface area contributed by atoms with Crippen molar-refractivity contribution in [2.24, 2.45) is 5.92 Å². The fraction of sp³-hybridized carbons (Fsp3) is 0.800. The Kier molecular flexibility index (Phi) is 4.07. The van der Waals surface area contributed by atoms with Crippen LogP contribution in [0.25, 0.3) is 0 Å². The van der Waals surface area contributed by atoms with Crippen LogP contribution in [0, 0.1) is 5.92 Å². The summed E-state index contributed by atoms with van der Waals surface area (Å²) in [7, 11) is 0. The van der Waals surface area contributed by atoms with Gasteiger partial charge in [0.2, 0.25) is 0 Å². The molecule has 4 heteroatoms. The summed E-state index contributed by atoms with van der Waals surface area (Å²) in [4.78, 5) is 0. The number of hydrogen-bond donors (Lipinski definition) is 1. The number of rotatable bonds is 5. The highest BCUT2D eigenvalue weighted by atomic mass is 15.3. The minimum absolute atomic E-state index is 0.431. The lowest BCUT2D eigenvalue weighted by Gasteiger charge is -2.11. The van der Waals surface area contributed by atoms with E-state index in [0.717, 1.165) is 18.9 Å². The monoisotopic (exact) mass is 196 g/mol. The zero-order valence-electron chi connectivity index (χ0n) is 9.49. The van der Waals surface area contributed by atoms with E-state index in [1.807, 2.05) is 0 Å². The number of aromatic nitrogens is 3. The smallest absolute Gasteiger partial charge is 0.147 e. The van der Waals surface area contributed by atoms with Gasteiger partial charge in [-0.15, -0.1) is 10.2 Å². The second-order valence-corrected chi connectivity index (χ2v) is 4.27. The molecule has 4 nitrogen and oxygen atoms in total. The van der Waals surface area contributed by atoms with E-state index in [2.05, 4.69) is 47.8 Å². The standard InChI is InChI=1S/C10H20N4/c1-8(2)5-11-6-10-13-12-7-14(10)9(3)4/h7-9,11H,5-6H2,1-4H3. The molecule has 1 heterocycles. The van der Waals surface area contributed by atoms with Crippen molar-refractivity contribution in [2.45, 2.75) is 40.3 Å². The van der Waals surface area contributed by atoms with Crippen LogP contribution < -0.4 is 5.32 Å². The Morgan fingerprint density at radius 1 is 1.36 bits per heavy atom. The normalized spacial score (nSPS) is 11.6. The molecule has 0 unspecified atom stereocenters. The van der Waals surface area contributed by atoms with Gasteiger partial charge >= 0.3 is 0 Å². The molecule has 0 aliphatic rings. The van der Waals surface area contributed by atoms with Crippen LogP contribution in [0.3, 0.4) is 0 Å². The first kappa shape index (κ1) is 11.2. The predicted molar refractivity (Wildman–Crippen MR) is 57.0 cm³/mol. The number of nitrogens with zero attached hydrogens (tertiary/aromatic N) is 3. The van der Waals surface area contributed by atoms with Crippen molar-refractivity contribution >= 4 is 0 Å². The fourth-order valence-electron chi connectivity index (χ4n) is 1.30. The summed E-state index contributed by atoms with van der Waals surface area (Å²) >= 11 is 0. The van der Waals surface area contributed by atoms with Gasteiger partial charge in [0.25, 0.3) is 0 Å². The molecule has 0 atom stereocenters. The SMILES string of the molecule is CC(C)CNCc1nncn1C(C)C. The first-order valence-corrected chi connectivity index (χ1v) is 5.20. The summed E-state index contributed by atoms with van der Waals surface area (Å²) in [6.45, 7) is 10.5. The molecule has 0 aliphatic heterocycles. The third kappa shape index (κ3) is 3.10. The van der Waals surface area contributed by atoms with Crippen molar-refractivity contribution in [1.29, 1.82) is 0 Å². The van der Waals surface area contributed by atoms with Crippen LogP contribution in [-0.4, -0.2) is 21.3 Å². The molecule has 0 aromatic carbocycles. The van der Waals surface area contributed by atoms with Gasteiger partial charge in [-0.05, 0) is 26.3 Å². The second-order valence-electron chi connectivity index (χ2n) is 4.27. The average molecular weight is 196 g/mol. The lowest BCUT2D eigenvalue weighted by atomic mass is 10.2. The van der Waals surface area contributed by atoms with Gasteiger partial charge in [-0.3, -0.25) is 0 Å². The van der Waals surface area contributed by atoms with Crippen LogP contribution in [0.15, 0.2) is 6.33 Å². The molecule has 1 aromatic heterocycles. The van der Waals surface area contributed by atoms with Crippen molar-refractivity contribution in [3.63, 3.8) is 0 Å². The third-order valence-corrected chi connectivity index (χ3v) is 2.04. The van der Waals surface area contributed by atoms with E-state index in [0.29, 0.717) is 12.0 Å². The molecular formula is C10H20N4. The van der Waals surface area contributed by atoms with Crippen molar-refractivity contribution in [1.82, 2.24) is 20.1 Å². The fourth-order valence-corrected chi connectivity index (χ4v) is 1.30. The summed E-state index contributed by atoms with van der Waals surface area (Å²) < 4.78 is 2.09. The van der Waals surface area contributed by atoms with Gasteiger partial charge in [0, 0.05) is 6.04 Å². The Morgan fingerprint density at radius 3 is 2.64 bits per heavy atom. The molecule has 0 amide bonds. The third-order valence-electron chi connectivity index (χ3n) is 2.04. The highest BCUT2D eigenvalue weighted by molar-refractivity contribution is 4.87. The van der Waals surface area contributed by atoms with Gasteiger partial charge in [0.15, 0.2) is 0 Å².